The van der Waals surface area contributed by atoms with Gasteiger partial charge in [-0.25, -0.2) is 5.09 Å². The summed E-state index contributed by atoms with van der Waals surface area (Å²) in [5, 5.41) is 2.17. The van der Waals surface area contributed by atoms with Crippen molar-refractivity contribution in [2.75, 3.05) is 6.16 Å². The molecule has 0 aliphatic carbocycles. The van der Waals surface area contributed by atoms with Gasteiger partial charge in [-0.2, -0.15) is 0 Å². The van der Waals surface area contributed by atoms with Crippen LogP contribution in [0.5, 0.6) is 0 Å². The third kappa shape index (κ3) is 3.73. The summed E-state index contributed by atoms with van der Waals surface area (Å²) >= 11 is 0. The van der Waals surface area contributed by atoms with E-state index in [2.05, 4.69) is 12.1 Å². The van der Waals surface area contributed by atoms with Crippen LogP contribution in [0.4, 0.5) is 0 Å². The van der Waals surface area contributed by atoms with E-state index in [1.807, 2.05) is 30.3 Å². The Morgan fingerprint density at radius 1 is 1.38 bits per heavy atom. The van der Waals surface area contributed by atoms with Crippen molar-refractivity contribution in [1.29, 1.82) is 0 Å². The molecule has 1 radical (unpaired) electrons. The summed E-state index contributed by atoms with van der Waals surface area (Å²) in [7, 11) is 0.00654. The van der Waals surface area contributed by atoms with E-state index in [1.165, 1.54) is 0 Å². The Balaban J connectivity index is 2.49. The van der Waals surface area contributed by atoms with Crippen LogP contribution in [0.25, 0.3) is 0 Å². The monoisotopic (exact) mass is 198 g/mol. The lowest BCUT2D eigenvalue weighted by Gasteiger charge is -2.08. The molecule has 0 fully saturated rings. The second-order valence-electron chi connectivity index (χ2n) is 2.82. The molecule has 1 atom stereocenters. The first-order valence-electron chi connectivity index (χ1n) is 4.04. The van der Waals surface area contributed by atoms with Gasteiger partial charge in [0.1, 0.15) is 0 Å². The maximum absolute atomic E-state index is 11.1. The van der Waals surface area contributed by atoms with Gasteiger partial charge in [-0.05, 0) is 12.0 Å². The first kappa shape index (κ1) is 10.5. The standard InChI is InChI=1S/C9H13NO2P/c1-10-13(11,12)8-7-9-5-3-2-4-6-9/h2-6H,1,7-8H2,(H2,10,11,12). The fraction of sp³-hybridized carbons (Fsp3) is 0.222. The van der Waals surface area contributed by atoms with Crippen LogP contribution < -0.4 is 5.09 Å². The van der Waals surface area contributed by atoms with Crippen molar-refractivity contribution in [3.8, 4) is 0 Å². The first-order chi connectivity index (χ1) is 6.14. The topological polar surface area (TPSA) is 49.3 Å². The fourth-order valence-corrected chi connectivity index (χ4v) is 1.72. The number of benzene rings is 1. The van der Waals surface area contributed by atoms with Crippen LogP contribution in [-0.2, 0) is 11.0 Å². The van der Waals surface area contributed by atoms with E-state index in [1.54, 1.807) is 0 Å². The molecule has 0 saturated carbocycles. The molecule has 1 aromatic carbocycles. The predicted octanol–water partition coefficient (Wildman–Crippen LogP) is 1.80. The number of aryl methyl sites for hydroxylation is 1. The van der Waals surface area contributed by atoms with E-state index in [-0.39, 0.29) is 6.16 Å². The van der Waals surface area contributed by atoms with Gasteiger partial charge < -0.3 is 4.89 Å². The van der Waals surface area contributed by atoms with Crippen LogP contribution in [0.15, 0.2) is 30.3 Å². The van der Waals surface area contributed by atoms with Gasteiger partial charge in [0.15, 0.2) is 0 Å². The molecule has 1 rings (SSSR count). The zero-order valence-electron chi connectivity index (χ0n) is 7.31. The molecule has 0 saturated heterocycles. The summed E-state index contributed by atoms with van der Waals surface area (Å²) in [6.45, 7) is 0. The van der Waals surface area contributed by atoms with Gasteiger partial charge in [-0.15, -0.1) is 0 Å². The highest BCUT2D eigenvalue weighted by Crippen LogP contribution is 2.34. The molecule has 0 aromatic heterocycles. The van der Waals surface area contributed by atoms with E-state index in [0.717, 1.165) is 5.56 Å². The average Bonchev–Trinajstić information content (AvgIpc) is 2.17. The minimum Gasteiger partial charge on any atom is -0.333 e. The normalized spacial score (nSPS) is 15.2. The van der Waals surface area contributed by atoms with Gasteiger partial charge in [0.05, 0.1) is 0 Å². The van der Waals surface area contributed by atoms with Gasteiger partial charge in [0.25, 0.3) is 7.52 Å². The lowest BCUT2D eigenvalue weighted by atomic mass is 10.2. The Labute approximate surface area is 78.3 Å². The molecule has 71 valence electrons. The maximum atomic E-state index is 11.1. The minimum atomic E-state index is -3.20. The third-order valence-corrected chi connectivity index (χ3v) is 3.12. The SMILES string of the molecule is [CH2]NP(=O)(O)CCc1ccccc1. The molecule has 4 heteroatoms. The molecular formula is C9H13NO2P. The summed E-state index contributed by atoms with van der Waals surface area (Å²) < 4.78 is 11.1. The summed E-state index contributed by atoms with van der Waals surface area (Å²) in [5.74, 6) is 0. The molecule has 3 nitrogen and oxygen atoms in total. The molecule has 1 aromatic rings. The van der Waals surface area contributed by atoms with E-state index < -0.39 is 7.52 Å². The van der Waals surface area contributed by atoms with Crippen LogP contribution >= 0.6 is 7.52 Å². The Hall–Kier alpha value is -0.630. The van der Waals surface area contributed by atoms with E-state index in [0.29, 0.717) is 6.42 Å². The van der Waals surface area contributed by atoms with Gasteiger partial charge in [-0.1, -0.05) is 30.3 Å². The lowest BCUT2D eigenvalue weighted by molar-refractivity contribution is 0.470. The van der Waals surface area contributed by atoms with Crippen molar-refractivity contribution in [2.24, 2.45) is 0 Å². The summed E-state index contributed by atoms with van der Waals surface area (Å²) in [6, 6.07) is 9.61. The molecule has 1 unspecified atom stereocenters. The molecule has 0 heterocycles. The molecule has 0 amide bonds. The van der Waals surface area contributed by atoms with Crippen molar-refractivity contribution in [3.05, 3.63) is 42.9 Å². The molecular weight excluding hydrogens is 185 g/mol. The van der Waals surface area contributed by atoms with Gasteiger partial charge in [0, 0.05) is 13.2 Å². The highest BCUT2D eigenvalue weighted by atomic mass is 31.2. The van der Waals surface area contributed by atoms with Crippen LogP contribution in [0.1, 0.15) is 5.56 Å². The second-order valence-corrected chi connectivity index (χ2v) is 4.99. The van der Waals surface area contributed by atoms with Crippen molar-refractivity contribution in [2.45, 2.75) is 6.42 Å². The van der Waals surface area contributed by atoms with Crippen LogP contribution in [0, 0.1) is 7.05 Å². The Morgan fingerprint density at radius 2 is 2.00 bits per heavy atom. The average molecular weight is 198 g/mol. The largest absolute Gasteiger partial charge is 0.333 e. The maximum Gasteiger partial charge on any atom is 0.267 e. The van der Waals surface area contributed by atoms with Gasteiger partial charge >= 0.3 is 0 Å². The van der Waals surface area contributed by atoms with Gasteiger partial charge in [0.2, 0.25) is 0 Å². The Bertz CT molecular complexity index is 300. The summed E-state index contributed by atoms with van der Waals surface area (Å²) in [5.41, 5.74) is 1.06. The van der Waals surface area contributed by atoms with Crippen molar-refractivity contribution >= 4 is 7.52 Å². The second kappa shape index (κ2) is 4.56. The van der Waals surface area contributed by atoms with Gasteiger partial charge in [-0.3, -0.25) is 4.57 Å². The zero-order chi connectivity index (χ0) is 9.73. The number of hydrogen-bond donors (Lipinski definition) is 2. The molecule has 0 aliphatic heterocycles. The first-order valence-corrected chi connectivity index (χ1v) is 5.89. The quantitative estimate of drug-likeness (QED) is 0.725. The van der Waals surface area contributed by atoms with E-state index >= 15 is 0 Å². The molecule has 0 spiro atoms. The molecule has 2 N–H and O–H groups in total. The van der Waals surface area contributed by atoms with Crippen LogP contribution in [0.2, 0.25) is 0 Å². The third-order valence-electron chi connectivity index (χ3n) is 1.79. The molecule has 13 heavy (non-hydrogen) atoms. The smallest absolute Gasteiger partial charge is 0.267 e. The van der Waals surface area contributed by atoms with Crippen molar-refractivity contribution in [1.82, 2.24) is 5.09 Å². The zero-order valence-corrected chi connectivity index (χ0v) is 8.21. The fourth-order valence-electron chi connectivity index (χ4n) is 1.00. The lowest BCUT2D eigenvalue weighted by Crippen LogP contribution is -2.05. The van der Waals surface area contributed by atoms with Crippen molar-refractivity contribution in [3.63, 3.8) is 0 Å². The highest BCUT2D eigenvalue weighted by Gasteiger charge is 2.13. The number of hydrogen-bond acceptors (Lipinski definition) is 1. The van der Waals surface area contributed by atoms with Crippen LogP contribution in [-0.4, -0.2) is 11.1 Å². The molecule has 0 bridgehead atoms. The number of nitrogens with one attached hydrogen (secondary N) is 1. The van der Waals surface area contributed by atoms with E-state index in [9.17, 15) is 4.57 Å². The molecule has 0 aliphatic rings. The predicted molar refractivity (Wildman–Crippen MR) is 53.3 cm³/mol. The Kier molecular flexibility index (Phi) is 3.67. The summed E-state index contributed by atoms with van der Waals surface area (Å²) in [4.78, 5) is 9.17. The summed E-state index contributed by atoms with van der Waals surface area (Å²) in [6.07, 6.45) is 0.817. The Morgan fingerprint density at radius 3 is 2.54 bits per heavy atom. The van der Waals surface area contributed by atoms with E-state index in [4.69, 9.17) is 4.89 Å². The highest BCUT2D eigenvalue weighted by molar-refractivity contribution is 7.55. The van der Waals surface area contributed by atoms with Crippen LogP contribution in [0.3, 0.4) is 0 Å². The number of rotatable bonds is 4. The minimum absolute atomic E-state index is 0.223. The van der Waals surface area contributed by atoms with Crippen molar-refractivity contribution < 1.29 is 9.46 Å².